The fourth-order valence-corrected chi connectivity index (χ4v) is 2.36. The lowest BCUT2D eigenvalue weighted by molar-refractivity contribution is -0.143. The molecule has 4 unspecified atom stereocenters. The monoisotopic (exact) mass is 478 g/mol. The number of aliphatic hydroxyl groups excluding tert-OH is 1. The average molecular weight is 478 g/mol. The van der Waals surface area contributed by atoms with Crippen molar-refractivity contribution >= 4 is 41.6 Å². The second-order valence-electron chi connectivity index (χ2n) is 6.77. The third-order valence-electron chi connectivity index (χ3n) is 4.09. The Morgan fingerprint density at radius 2 is 1.06 bits per heavy atom. The number of rotatable bonds is 16. The minimum absolute atomic E-state index is 0.483. The Hall–Kier alpha value is -3.79. The molecule has 0 aromatic rings. The maximum absolute atomic E-state index is 12.5. The molecule has 0 rings (SSSR count). The van der Waals surface area contributed by atoms with E-state index in [1.807, 2.05) is 10.6 Å². The first-order chi connectivity index (χ1) is 15.3. The van der Waals surface area contributed by atoms with E-state index < -0.39 is 104 Å². The van der Waals surface area contributed by atoms with Gasteiger partial charge in [0.05, 0.1) is 19.1 Å². The zero-order chi connectivity index (χ0) is 25.7. The molecule has 0 aliphatic heterocycles. The highest BCUT2D eigenvalue weighted by atomic mass is 16.4. The van der Waals surface area contributed by atoms with E-state index in [9.17, 15) is 38.7 Å². The summed E-state index contributed by atoms with van der Waals surface area (Å²) < 4.78 is 0. The Balaban J connectivity index is 5.31. The molecule has 16 heteroatoms. The van der Waals surface area contributed by atoms with Gasteiger partial charge < -0.3 is 47.2 Å². The number of carbonyl (C=O) groups excluding carboxylic acids is 3. The van der Waals surface area contributed by atoms with Gasteiger partial charge >= 0.3 is 23.9 Å². The largest absolute Gasteiger partial charge is 0.481 e. The van der Waals surface area contributed by atoms with Crippen LogP contribution < -0.4 is 21.7 Å². The second kappa shape index (κ2) is 14.3. The molecule has 0 saturated heterocycles. The SMILES string of the molecule is NC(CC(=O)O)C(=O)NC(CCC(=O)O)C(=O)NC(CO)C(=O)NC(CCC(=O)O)C(=O)O. The minimum atomic E-state index is -1.74. The Kier molecular flexibility index (Phi) is 12.7. The minimum Gasteiger partial charge on any atom is -0.481 e. The van der Waals surface area contributed by atoms with E-state index >= 15 is 0 Å². The lowest BCUT2D eigenvalue weighted by Gasteiger charge is -2.24. The van der Waals surface area contributed by atoms with E-state index in [-0.39, 0.29) is 0 Å². The van der Waals surface area contributed by atoms with Crippen LogP contribution in [0.25, 0.3) is 0 Å². The number of aliphatic hydroxyl groups is 1. The van der Waals surface area contributed by atoms with Crippen molar-refractivity contribution in [3.8, 4) is 0 Å². The Labute approximate surface area is 186 Å². The third kappa shape index (κ3) is 12.0. The van der Waals surface area contributed by atoms with Gasteiger partial charge in [-0.2, -0.15) is 0 Å². The van der Waals surface area contributed by atoms with Crippen LogP contribution in [0.2, 0.25) is 0 Å². The Morgan fingerprint density at radius 3 is 1.48 bits per heavy atom. The van der Waals surface area contributed by atoms with Crippen molar-refractivity contribution in [2.24, 2.45) is 5.73 Å². The van der Waals surface area contributed by atoms with Crippen LogP contribution in [0.1, 0.15) is 32.1 Å². The molecule has 0 fully saturated rings. The van der Waals surface area contributed by atoms with Crippen LogP contribution in [0.15, 0.2) is 0 Å². The lowest BCUT2D eigenvalue weighted by Crippen LogP contribution is -2.58. The van der Waals surface area contributed by atoms with Gasteiger partial charge in [-0.15, -0.1) is 0 Å². The van der Waals surface area contributed by atoms with Crippen LogP contribution in [-0.4, -0.2) is 97.9 Å². The second-order valence-corrected chi connectivity index (χ2v) is 6.77. The van der Waals surface area contributed by atoms with E-state index in [1.165, 1.54) is 0 Å². The number of carboxylic acids is 4. The summed E-state index contributed by atoms with van der Waals surface area (Å²) in [6, 6.07) is -6.53. The normalized spacial score (nSPS) is 14.1. The summed E-state index contributed by atoms with van der Waals surface area (Å²) in [4.78, 5) is 80.0. The van der Waals surface area contributed by atoms with Crippen molar-refractivity contribution in [1.29, 1.82) is 0 Å². The van der Waals surface area contributed by atoms with Crippen molar-refractivity contribution in [3.63, 3.8) is 0 Å². The molecule has 33 heavy (non-hydrogen) atoms. The van der Waals surface area contributed by atoms with Crippen molar-refractivity contribution < 1.29 is 59.1 Å². The van der Waals surface area contributed by atoms with Crippen LogP contribution in [0.4, 0.5) is 0 Å². The summed E-state index contributed by atoms with van der Waals surface area (Å²) in [5, 5.41) is 50.6. The van der Waals surface area contributed by atoms with Crippen molar-refractivity contribution in [3.05, 3.63) is 0 Å². The smallest absolute Gasteiger partial charge is 0.326 e. The van der Waals surface area contributed by atoms with Gasteiger partial charge in [0.15, 0.2) is 0 Å². The Bertz CT molecular complexity index is 771. The standard InChI is InChI=1S/C17H26N4O12/c18-7(5-13(27)28)14(29)19-8(1-3-11(23)24)15(30)21-10(6-22)16(31)20-9(17(32)33)2-4-12(25)26/h7-10,22H,1-6,18H2,(H,19,29)(H,20,31)(H,21,30)(H,23,24)(H,25,26)(H,27,28)(H,32,33). The molecule has 0 spiro atoms. The van der Waals surface area contributed by atoms with Gasteiger partial charge in [-0.1, -0.05) is 0 Å². The summed E-state index contributed by atoms with van der Waals surface area (Å²) in [5.41, 5.74) is 5.39. The maximum Gasteiger partial charge on any atom is 0.326 e. The van der Waals surface area contributed by atoms with Gasteiger partial charge in [0.1, 0.15) is 18.1 Å². The van der Waals surface area contributed by atoms with E-state index in [4.69, 9.17) is 26.2 Å². The topological polar surface area (TPSA) is 283 Å². The summed E-state index contributed by atoms with van der Waals surface area (Å²) in [5.74, 6) is -9.04. The molecule has 0 aromatic heterocycles. The number of hydrogen-bond acceptors (Lipinski definition) is 9. The maximum atomic E-state index is 12.5. The van der Waals surface area contributed by atoms with Crippen LogP contribution >= 0.6 is 0 Å². The first-order valence-corrected chi connectivity index (χ1v) is 9.44. The van der Waals surface area contributed by atoms with Gasteiger partial charge in [0.25, 0.3) is 0 Å². The molecular weight excluding hydrogens is 452 g/mol. The molecule has 10 N–H and O–H groups in total. The summed E-state index contributed by atoms with van der Waals surface area (Å²) >= 11 is 0. The van der Waals surface area contributed by atoms with Crippen molar-refractivity contribution in [1.82, 2.24) is 16.0 Å². The molecule has 186 valence electrons. The van der Waals surface area contributed by atoms with Crippen molar-refractivity contribution in [2.45, 2.75) is 56.3 Å². The van der Waals surface area contributed by atoms with Gasteiger partial charge in [-0.3, -0.25) is 28.8 Å². The summed E-state index contributed by atoms with van der Waals surface area (Å²) in [6.07, 6.45) is -2.95. The number of nitrogens with two attached hydrogens (primary N) is 1. The lowest BCUT2D eigenvalue weighted by atomic mass is 10.1. The highest BCUT2D eigenvalue weighted by molar-refractivity contribution is 5.95. The number of amides is 3. The molecule has 0 aliphatic rings. The van der Waals surface area contributed by atoms with Crippen LogP contribution in [0.3, 0.4) is 0 Å². The van der Waals surface area contributed by atoms with Gasteiger partial charge in [-0.25, -0.2) is 4.79 Å². The molecule has 0 aliphatic carbocycles. The predicted molar refractivity (Wildman–Crippen MR) is 104 cm³/mol. The van der Waals surface area contributed by atoms with Crippen molar-refractivity contribution in [2.75, 3.05) is 6.61 Å². The number of aliphatic carboxylic acids is 4. The number of nitrogens with one attached hydrogen (secondary N) is 3. The quantitative estimate of drug-likeness (QED) is 0.102. The number of hydrogen-bond donors (Lipinski definition) is 9. The summed E-state index contributed by atoms with van der Waals surface area (Å²) in [7, 11) is 0. The molecule has 0 bridgehead atoms. The van der Waals surface area contributed by atoms with Gasteiger partial charge in [0.2, 0.25) is 17.7 Å². The highest BCUT2D eigenvalue weighted by Gasteiger charge is 2.30. The fourth-order valence-electron chi connectivity index (χ4n) is 2.36. The van der Waals surface area contributed by atoms with Gasteiger partial charge in [0, 0.05) is 12.8 Å². The molecule has 0 radical (unpaired) electrons. The highest BCUT2D eigenvalue weighted by Crippen LogP contribution is 2.03. The van der Waals surface area contributed by atoms with Gasteiger partial charge in [-0.05, 0) is 12.8 Å². The molecule has 0 aromatic carbocycles. The molecule has 4 atom stereocenters. The van der Waals surface area contributed by atoms with E-state index in [2.05, 4.69) is 5.32 Å². The van der Waals surface area contributed by atoms with E-state index in [0.29, 0.717) is 0 Å². The Morgan fingerprint density at radius 1 is 0.636 bits per heavy atom. The van der Waals surface area contributed by atoms with Crippen LogP contribution in [0.5, 0.6) is 0 Å². The van der Waals surface area contributed by atoms with E-state index in [0.717, 1.165) is 0 Å². The zero-order valence-electron chi connectivity index (χ0n) is 17.2. The molecular formula is C17H26N4O12. The average Bonchev–Trinajstić information content (AvgIpc) is 2.70. The molecule has 0 heterocycles. The zero-order valence-corrected chi connectivity index (χ0v) is 17.2. The number of carbonyl (C=O) groups is 7. The molecule has 3 amide bonds. The third-order valence-corrected chi connectivity index (χ3v) is 4.09. The van der Waals surface area contributed by atoms with E-state index in [1.54, 1.807) is 0 Å². The first-order valence-electron chi connectivity index (χ1n) is 9.44. The first kappa shape index (κ1) is 29.2. The summed E-state index contributed by atoms with van der Waals surface area (Å²) in [6.45, 7) is -1.03. The van der Waals surface area contributed by atoms with Crippen LogP contribution in [0, 0.1) is 0 Å². The van der Waals surface area contributed by atoms with Crippen LogP contribution in [-0.2, 0) is 33.6 Å². The predicted octanol–water partition coefficient (Wildman–Crippen LogP) is -3.95. The molecule has 0 saturated carbocycles. The fraction of sp³-hybridized carbons (Fsp3) is 0.588. The number of carboxylic acid groups (broad SMARTS) is 4. The molecule has 16 nitrogen and oxygen atoms in total.